The Morgan fingerprint density at radius 3 is 2.79 bits per heavy atom. The summed E-state index contributed by atoms with van der Waals surface area (Å²) in [7, 11) is 4.07. The minimum absolute atomic E-state index is 0.100. The normalized spacial score (nSPS) is 19.2. The van der Waals surface area contributed by atoms with Gasteiger partial charge in [0.25, 0.3) is 0 Å². The smallest absolute Gasteiger partial charge is 0.159 e. The number of carbonyl (C=O) groups is 1. The molecule has 0 aromatic heterocycles. The molecule has 1 atom stereocenters. The van der Waals surface area contributed by atoms with Crippen LogP contribution in [0.5, 0.6) is 0 Å². The number of halogens is 1. The standard InChI is InChI=1S/C15H21FN2O/c1-11(19)12-6-7-15(14(16)9-12)18-8-4-5-13(18)10-17(2)3/h6-7,9,13H,4-5,8,10H2,1-3H3. The first-order valence-electron chi connectivity index (χ1n) is 6.71. The number of likely N-dealkylation sites (N-methyl/N-ethyl adjacent to an activating group) is 1. The number of hydrogen-bond donors (Lipinski definition) is 0. The summed E-state index contributed by atoms with van der Waals surface area (Å²) in [5.74, 6) is -0.393. The molecule has 0 spiro atoms. The maximum absolute atomic E-state index is 14.2. The summed E-state index contributed by atoms with van der Waals surface area (Å²) in [6.07, 6.45) is 2.18. The summed E-state index contributed by atoms with van der Waals surface area (Å²) in [5, 5.41) is 0. The van der Waals surface area contributed by atoms with Gasteiger partial charge >= 0.3 is 0 Å². The van der Waals surface area contributed by atoms with Gasteiger partial charge in [-0.2, -0.15) is 0 Å². The molecule has 104 valence electrons. The predicted molar refractivity (Wildman–Crippen MR) is 75.3 cm³/mol. The van der Waals surface area contributed by atoms with Gasteiger partial charge in [0.05, 0.1) is 5.69 Å². The van der Waals surface area contributed by atoms with E-state index in [4.69, 9.17) is 0 Å². The molecule has 1 heterocycles. The van der Waals surface area contributed by atoms with Crippen LogP contribution in [0.15, 0.2) is 18.2 Å². The van der Waals surface area contributed by atoms with Crippen molar-refractivity contribution in [1.82, 2.24) is 4.90 Å². The zero-order chi connectivity index (χ0) is 14.0. The van der Waals surface area contributed by atoms with Crippen LogP contribution in [0, 0.1) is 5.82 Å². The van der Waals surface area contributed by atoms with Gasteiger partial charge < -0.3 is 9.80 Å². The van der Waals surface area contributed by atoms with E-state index in [0.717, 1.165) is 25.9 Å². The Balaban J connectivity index is 2.23. The van der Waals surface area contributed by atoms with E-state index in [1.54, 1.807) is 12.1 Å². The van der Waals surface area contributed by atoms with E-state index in [-0.39, 0.29) is 11.6 Å². The fourth-order valence-corrected chi connectivity index (χ4v) is 2.72. The lowest BCUT2D eigenvalue weighted by Gasteiger charge is -2.29. The maximum atomic E-state index is 14.2. The third-order valence-corrected chi connectivity index (χ3v) is 3.62. The first kappa shape index (κ1) is 14.0. The van der Waals surface area contributed by atoms with Crippen molar-refractivity contribution in [3.8, 4) is 0 Å². The molecule has 1 unspecified atom stereocenters. The quantitative estimate of drug-likeness (QED) is 0.781. The van der Waals surface area contributed by atoms with Crippen LogP contribution in [0.25, 0.3) is 0 Å². The molecule has 1 aliphatic rings. The van der Waals surface area contributed by atoms with Gasteiger partial charge in [0.2, 0.25) is 0 Å². The Morgan fingerprint density at radius 1 is 1.47 bits per heavy atom. The molecule has 4 heteroatoms. The van der Waals surface area contributed by atoms with E-state index in [0.29, 0.717) is 17.3 Å². The maximum Gasteiger partial charge on any atom is 0.159 e. The zero-order valence-corrected chi connectivity index (χ0v) is 11.8. The molecule has 1 fully saturated rings. The van der Waals surface area contributed by atoms with E-state index >= 15 is 0 Å². The summed E-state index contributed by atoms with van der Waals surface area (Å²) in [4.78, 5) is 15.5. The van der Waals surface area contributed by atoms with Gasteiger partial charge in [-0.1, -0.05) is 0 Å². The number of ketones is 1. The molecule has 0 bridgehead atoms. The van der Waals surface area contributed by atoms with Crippen molar-refractivity contribution in [3.63, 3.8) is 0 Å². The highest BCUT2D eigenvalue weighted by molar-refractivity contribution is 5.94. The molecular weight excluding hydrogens is 243 g/mol. The minimum Gasteiger partial charge on any atom is -0.365 e. The lowest BCUT2D eigenvalue weighted by Crippen LogP contribution is -2.38. The van der Waals surface area contributed by atoms with Crippen LogP contribution in [0.2, 0.25) is 0 Å². The molecule has 0 radical (unpaired) electrons. The summed E-state index contributed by atoms with van der Waals surface area (Å²) in [6.45, 7) is 3.27. The summed E-state index contributed by atoms with van der Waals surface area (Å²) in [6, 6.07) is 5.15. The average Bonchev–Trinajstić information content (AvgIpc) is 2.75. The number of anilines is 1. The second-order valence-corrected chi connectivity index (χ2v) is 5.47. The van der Waals surface area contributed by atoms with Gasteiger partial charge in [-0.15, -0.1) is 0 Å². The second kappa shape index (κ2) is 5.70. The monoisotopic (exact) mass is 264 g/mol. The van der Waals surface area contributed by atoms with Gasteiger partial charge in [0.1, 0.15) is 5.82 Å². The summed E-state index contributed by atoms with van der Waals surface area (Å²) in [5.41, 5.74) is 1.05. The van der Waals surface area contributed by atoms with E-state index in [9.17, 15) is 9.18 Å². The van der Waals surface area contributed by atoms with Crippen molar-refractivity contribution in [1.29, 1.82) is 0 Å². The van der Waals surface area contributed by atoms with Crippen molar-refractivity contribution in [2.24, 2.45) is 0 Å². The minimum atomic E-state index is -0.293. The fourth-order valence-electron chi connectivity index (χ4n) is 2.72. The van der Waals surface area contributed by atoms with Crippen molar-refractivity contribution in [2.75, 3.05) is 32.1 Å². The van der Waals surface area contributed by atoms with Gasteiger partial charge in [0.15, 0.2) is 5.78 Å². The third-order valence-electron chi connectivity index (χ3n) is 3.62. The van der Waals surface area contributed by atoms with Gasteiger partial charge in [0, 0.05) is 24.7 Å². The number of carbonyl (C=O) groups excluding carboxylic acids is 1. The molecule has 1 aromatic carbocycles. The number of rotatable bonds is 4. The van der Waals surface area contributed by atoms with E-state index < -0.39 is 0 Å². The number of Topliss-reactive ketones (excluding diaryl/α,β-unsaturated/α-hetero) is 1. The van der Waals surface area contributed by atoms with Crippen molar-refractivity contribution >= 4 is 11.5 Å². The number of hydrogen-bond acceptors (Lipinski definition) is 3. The second-order valence-electron chi connectivity index (χ2n) is 5.47. The van der Waals surface area contributed by atoms with Gasteiger partial charge in [-0.3, -0.25) is 4.79 Å². The van der Waals surface area contributed by atoms with Crippen LogP contribution in [-0.2, 0) is 0 Å². The SMILES string of the molecule is CC(=O)c1ccc(N2CCCC2CN(C)C)c(F)c1. The highest BCUT2D eigenvalue weighted by Crippen LogP contribution is 2.28. The Kier molecular flexibility index (Phi) is 4.20. The molecular formula is C15H21FN2O. The lowest BCUT2D eigenvalue weighted by atomic mass is 10.1. The predicted octanol–water partition coefficient (Wildman–Crippen LogP) is 2.56. The average molecular weight is 264 g/mol. The molecule has 0 N–H and O–H groups in total. The molecule has 19 heavy (non-hydrogen) atoms. The zero-order valence-electron chi connectivity index (χ0n) is 11.8. The van der Waals surface area contributed by atoms with E-state index in [1.807, 2.05) is 14.1 Å². The third kappa shape index (κ3) is 3.13. The molecule has 0 aliphatic carbocycles. The van der Waals surface area contributed by atoms with Crippen LogP contribution < -0.4 is 4.90 Å². The number of benzene rings is 1. The molecule has 2 rings (SSSR count). The molecule has 1 aliphatic heterocycles. The molecule has 3 nitrogen and oxygen atoms in total. The van der Waals surface area contributed by atoms with Crippen LogP contribution in [-0.4, -0.2) is 43.9 Å². The van der Waals surface area contributed by atoms with E-state index in [2.05, 4.69) is 9.80 Å². The Morgan fingerprint density at radius 2 is 2.21 bits per heavy atom. The molecule has 1 aromatic rings. The van der Waals surface area contributed by atoms with Gasteiger partial charge in [-0.25, -0.2) is 4.39 Å². The summed E-state index contributed by atoms with van der Waals surface area (Å²) >= 11 is 0. The highest BCUT2D eigenvalue weighted by Gasteiger charge is 2.27. The van der Waals surface area contributed by atoms with Gasteiger partial charge in [-0.05, 0) is 52.1 Å². The highest BCUT2D eigenvalue weighted by atomic mass is 19.1. The molecule has 0 amide bonds. The first-order chi connectivity index (χ1) is 8.99. The van der Waals surface area contributed by atoms with Crippen molar-refractivity contribution in [3.05, 3.63) is 29.6 Å². The molecule has 1 saturated heterocycles. The van der Waals surface area contributed by atoms with Crippen LogP contribution in [0.1, 0.15) is 30.1 Å². The lowest BCUT2D eigenvalue weighted by molar-refractivity contribution is 0.101. The summed E-state index contributed by atoms with van der Waals surface area (Å²) < 4.78 is 14.2. The van der Waals surface area contributed by atoms with Crippen LogP contribution >= 0.6 is 0 Å². The fraction of sp³-hybridized carbons (Fsp3) is 0.533. The van der Waals surface area contributed by atoms with E-state index in [1.165, 1.54) is 13.0 Å². The van der Waals surface area contributed by atoms with Crippen LogP contribution in [0.3, 0.4) is 0 Å². The molecule has 0 saturated carbocycles. The van der Waals surface area contributed by atoms with Crippen LogP contribution in [0.4, 0.5) is 10.1 Å². The Hall–Kier alpha value is -1.42. The first-order valence-corrected chi connectivity index (χ1v) is 6.71. The topological polar surface area (TPSA) is 23.6 Å². The van der Waals surface area contributed by atoms with Crippen molar-refractivity contribution < 1.29 is 9.18 Å². The largest absolute Gasteiger partial charge is 0.365 e. The Bertz CT molecular complexity index is 473. The van der Waals surface area contributed by atoms with Crippen molar-refractivity contribution in [2.45, 2.75) is 25.8 Å². The Labute approximate surface area is 114 Å². The number of nitrogens with zero attached hydrogens (tertiary/aromatic N) is 2.